The molecule has 0 atom stereocenters. The van der Waals surface area contributed by atoms with Crippen molar-refractivity contribution in [3.8, 4) is 0 Å². The molecule has 0 aliphatic heterocycles. The zero-order valence-electron chi connectivity index (χ0n) is 8.50. The van der Waals surface area contributed by atoms with Gasteiger partial charge in [-0.1, -0.05) is 20.8 Å². The highest BCUT2D eigenvalue weighted by Crippen LogP contribution is 2.24. The molecule has 0 aromatic heterocycles. The van der Waals surface area contributed by atoms with E-state index in [0.717, 1.165) is 6.07 Å². The van der Waals surface area contributed by atoms with Crippen molar-refractivity contribution >= 4 is 0 Å². The van der Waals surface area contributed by atoms with Crippen molar-refractivity contribution in [2.24, 2.45) is 5.41 Å². The minimum Gasteiger partial charge on any atom is -0.207 e. The van der Waals surface area contributed by atoms with Crippen LogP contribution in [0.2, 0.25) is 0 Å². The van der Waals surface area contributed by atoms with Crippen molar-refractivity contribution in [1.29, 1.82) is 0 Å². The maximum absolute atomic E-state index is 13.2. The zero-order valence-corrected chi connectivity index (χ0v) is 8.50. The zero-order chi connectivity index (χ0) is 10.9. The molecule has 0 fully saturated rings. The van der Waals surface area contributed by atoms with E-state index in [1.54, 1.807) is 0 Å². The van der Waals surface area contributed by atoms with Gasteiger partial charge in [-0.25, -0.2) is 13.2 Å². The Balaban J connectivity index is 3.09. The normalized spacial score (nSPS) is 11.9. The van der Waals surface area contributed by atoms with E-state index in [1.165, 1.54) is 0 Å². The maximum Gasteiger partial charge on any atom is 0.162 e. The number of hydrogen-bond donors (Lipinski definition) is 0. The van der Waals surface area contributed by atoms with E-state index in [9.17, 15) is 13.2 Å². The van der Waals surface area contributed by atoms with Crippen LogP contribution < -0.4 is 0 Å². The van der Waals surface area contributed by atoms with Crippen LogP contribution in [0.4, 0.5) is 13.2 Å². The molecule has 0 amide bonds. The average molecular weight is 202 g/mol. The van der Waals surface area contributed by atoms with Gasteiger partial charge in [0.15, 0.2) is 11.6 Å². The lowest BCUT2D eigenvalue weighted by Gasteiger charge is -2.18. The van der Waals surface area contributed by atoms with E-state index in [-0.39, 0.29) is 11.0 Å². The highest BCUT2D eigenvalue weighted by molar-refractivity contribution is 5.21. The molecule has 0 radical (unpaired) electrons. The first-order chi connectivity index (χ1) is 6.29. The van der Waals surface area contributed by atoms with Gasteiger partial charge in [-0.2, -0.15) is 0 Å². The van der Waals surface area contributed by atoms with Gasteiger partial charge in [0.2, 0.25) is 0 Å². The Labute approximate surface area is 81.8 Å². The molecule has 0 unspecified atom stereocenters. The van der Waals surface area contributed by atoms with Gasteiger partial charge in [0.25, 0.3) is 0 Å². The maximum atomic E-state index is 13.2. The Kier molecular flexibility index (Phi) is 2.88. The van der Waals surface area contributed by atoms with Gasteiger partial charge in [-0.15, -0.1) is 0 Å². The van der Waals surface area contributed by atoms with Gasteiger partial charge >= 0.3 is 0 Å². The Morgan fingerprint density at radius 2 is 1.64 bits per heavy atom. The summed E-state index contributed by atoms with van der Waals surface area (Å²) in [5.41, 5.74) is -0.101. The van der Waals surface area contributed by atoms with Crippen LogP contribution in [0.15, 0.2) is 12.1 Å². The molecule has 3 heteroatoms. The standard InChI is InChI=1S/C11H13F3/c1-11(2,3)6-7-4-8(12)5-9(13)10(7)14/h4-5H,6H2,1-3H3. The highest BCUT2D eigenvalue weighted by atomic mass is 19.2. The smallest absolute Gasteiger partial charge is 0.162 e. The summed E-state index contributed by atoms with van der Waals surface area (Å²) in [5.74, 6) is -2.80. The van der Waals surface area contributed by atoms with Crippen molar-refractivity contribution in [3.63, 3.8) is 0 Å². The molecule has 0 nitrogen and oxygen atoms in total. The summed E-state index contributed by atoms with van der Waals surface area (Å²) in [6.07, 6.45) is 0.313. The van der Waals surface area contributed by atoms with Gasteiger partial charge < -0.3 is 0 Å². The third kappa shape index (κ3) is 2.76. The molecular formula is C11H13F3. The summed E-state index contributed by atoms with van der Waals surface area (Å²) < 4.78 is 38.7. The predicted molar refractivity (Wildman–Crippen MR) is 49.5 cm³/mol. The number of halogens is 3. The van der Waals surface area contributed by atoms with E-state index in [1.807, 2.05) is 20.8 Å². The van der Waals surface area contributed by atoms with Gasteiger partial charge in [0.1, 0.15) is 5.82 Å². The topological polar surface area (TPSA) is 0 Å². The van der Waals surface area contributed by atoms with Crippen LogP contribution >= 0.6 is 0 Å². The van der Waals surface area contributed by atoms with Crippen LogP contribution in [-0.2, 0) is 6.42 Å². The van der Waals surface area contributed by atoms with Gasteiger partial charge in [-0.3, -0.25) is 0 Å². The van der Waals surface area contributed by atoms with Crippen LogP contribution in [0.3, 0.4) is 0 Å². The van der Waals surface area contributed by atoms with Crippen molar-refractivity contribution in [2.75, 3.05) is 0 Å². The molecule has 1 rings (SSSR count). The minimum absolute atomic E-state index is 0.0926. The molecule has 0 N–H and O–H groups in total. The first kappa shape index (κ1) is 11.1. The molecule has 0 bridgehead atoms. The van der Waals surface area contributed by atoms with Crippen molar-refractivity contribution < 1.29 is 13.2 Å². The lowest BCUT2D eigenvalue weighted by Crippen LogP contribution is -2.11. The first-order valence-electron chi connectivity index (χ1n) is 4.43. The molecule has 1 aromatic carbocycles. The van der Waals surface area contributed by atoms with E-state index in [4.69, 9.17) is 0 Å². The monoisotopic (exact) mass is 202 g/mol. The van der Waals surface area contributed by atoms with Gasteiger partial charge in [-0.05, 0) is 23.5 Å². The summed E-state index contributed by atoms with van der Waals surface area (Å²) in [6, 6.07) is 1.60. The second-order valence-corrected chi connectivity index (χ2v) is 4.60. The molecule has 0 aliphatic carbocycles. The van der Waals surface area contributed by atoms with E-state index in [2.05, 4.69) is 0 Å². The van der Waals surface area contributed by atoms with E-state index in [0.29, 0.717) is 12.5 Å². The molecule has 0 saturated carbocycles. The Bertz CT molecular complexity index is 337. The van der Waals surface area contributed by atoms with Crippen molar-refractivity contribution in [2.45, 2.75) is 27.2 Å². The first-order valence-corrected chi connectivity index (χ1v) is 4.43. The molecule has 0 aliphatic rings. The molecule has 0 spiro atoms. The van der Waals surface area contributed by atoms with Crippen LogP contribution in [0.1, 0.15) is 26.3 Å². The molecule has 0 saturated heterocycles. The Morgan fingerprint density at radius 3 is 2.14 bits per heavy atom. The fraction of sp³-hybridized carbons (Fsp3) is 0.455. The van der Waals surface area contributed by atoms with Crippen LogP contribution in [0.5, 0.6) is 0 Å². The second kappa shape index (κ2) is 3.64. The third-order valence-corrected chi connectivity index (χ3v) is 1.79. The molecule has 78 valence electrons. The van der Waals surface area contributed by atoms with Gasteiger partial charge in [0.05, 0.1) is 0 Å². The Morgan fingerprint density at radius 1 is 1.07 bits per heavy atom. The third-order valence-electron chi connectivity index (χ3n) is 1.79. The lowest BCUT2D eigenvalue weighted by atomic mass is 9.88. The number of benzene rings is 1. The van der Waals surface area contributed by atoms with Crippen molar-refractivity contribution in [1.82, 2.24) is 0 Å². The molecular weight excluding hydrogens is 189 g/mol. The summed E-state index contributed by atoms with van der Waals surface area (Å²) in [5, 5.41) is 0. The highest BCUT2D eigenvalue weighted by Gasteiger charge is 2.17. The lowest BCUT2D eigenvalue weighted by molar-refractivity contribution is 0.392. The summed E-state index contributed by atoms with van der Waals surface area (Å²) in [6.45, 7) is 5.65. The summed E-state index contributed by atoms with van der Waals surface area (Å²) in [4.78, 5) is 0. The van der Waals surface area contributed by atoms with Gasteiger partial charge in [0, 0.05) is 6.07 Å². The quantitative estimate of drug-likeness (QED) is 0.609. The predicted octanol–water partition coefficient (Wildman–Crippen LogP) is 3.69. The minimum atomic E-state index is -1.12. The van der Waals surface area contributed by atoms with E-state index >= 15 is 0 Å². The second-order valence-electron chi connectivity index (χ2n) is 4.60. The molecule has 1 aromatic rings. The van der Waals surface area contributed by atoms with Crippen LogP contribution in [-0.4, -0.2) is 0 Å². The molecule has 0 heterocycles. The summed E-state index contributed by atoms with van der Waals surface area (Å²) >= 11 is 0. The summed E-state index contributed by atoms with van der Waals surface area (Å²) in [7, 11) is 0. The van der Waals surface area contributed by atoms with Crippen LogP contribution in [0.25, 0.3) is 0 Å². The fourth-order valence-electron chi connectivity index (χ4n) is 1.31. The fourth-order valence-corrected chi connectivity index (χ4v) is 1.31. The number of rotatable bonds is 1. The van der Waals surface area contributed by atoms with E-state index < -0.39 is 17.5 Å². The Hall–Kier alpha value is -0.990. The average Bonchev–Trinajstić information content (AvgIpc) is 1.96. The largest absolute Gasteiger partial charge is 0.207 e. The van der Waals surface area contributed by atoms with Crippen molar-refractivity contribution in [3.05, 3.63) is 35.1 Å². The van der Waals surface area contributed by atoms with Crippen LogP contribution in [0, 0.1) is 22.9 Å². The molecule has 14 heavy (non-hydrogen) atoms. The number of hydrogen-bond acceptors (Lipinski definition) is 0. The SMILES string of the molecule is CC(C)(C)Cc1cc(F)cc(F)c1F.